The van der Waals surface area contributed by atoms with E-state index >= 15 is 0 Å². The van der Waals surface area contributed by atoms with Crippen LogP contribution < -0.4 is 0 Å². The smallest absolute Gasteiger partial charge is 0.139 e. The lowest BCUT2D eigenvalue weighted by molar-refractivity contribution is 0.0303. The van der Waals surface area contributed by atoms with Crippen molar-refractivity contribution in [1.82, 2.24) is 9.55 Å². The van der Waals surface area contributed by atoms with Crippen molar-refractivity contribution in [3.8, 4) is 11.4 Å². The summed E-state index contributed by atoms with van der Waals surface area (Å²) in [6.07, 6.45) is 7.83. The summed E-state index contributed by atoms with van der Waals surface area (Å²) < 4.78 is 2.07. The molecule has 1 aromatic carbocycles. The number of hydrogen-bond acceptors (Lipinski definition) is 2. The maximum absolute atomic E-state index is 10.5. The van der Waals surface area contributed by atoms with Crippen molar-refractivity contribution in [2.45, 2.75) is 37.8 Å². The average Bonchev–Trinajstić information content (AvgIpc) is 3.00. The summed E-state index contributed by atoms with van der Waals surface area (Å²) in [5.74, 6) is 0.941. The summed E-state index contributed by atoms with van der Waals surface area (Å²) in [5, 5.41) is 10.5. The average molecular weight is 242 g/mol. The van der Waals surface area contributed by atoms with Gasteiger partial charge in [0, 0.05) is 18.0 Å². The molecule has 1 saturated carbocycles. The minimum atomic E-state index is -0.537. The first-order valence-electron chi connectivity index (χ1n) is 6.56. The zero-order chi connectivity index (χ0) is 12.4. The maximum Gasteiger partial charge on any atom is 0.139 e. The highest BCUT2D eigenvalue weighted by molar-refractivity contribution is 5.55. The summed E-state index contributed by atoms with van der Waals surface area (Å²) in [6, 6.07) is 10.1. The quantitative estimate of drug-likeness (QED) is 0.898. The Morgan fingerprint density at radius 2 is 1.89 bits per heavy atom. The van der Waals surface area contributed by atoms with E-state index in [1.54, 1.807) is 6.20 Å². The number of aromatic nitrogens is 2. The summed E-state index contributed by atoms with van der Waals surface area (Å²) in [7, 11) is 0. The third-order valence-corrected chi connectivity index (χ3v) is 3.75. The van der Waals surface area contributed by atoms with Crippen LogP contribution in [0, 0.1) is 0 Å². The van der Waals surface area contributed by atoms with Crippen LogP contribution in [0.2, 0.25) is 0 Å². The topological polar surface area (TPSA) is 38.0 Å². The van der Waals surface area contributed by atoms with Crippen molar-refractivity contribution >= 4 is 0 Å². The van der Waals surface area contributed by atoms with Crippen molar-refractivity contribution in [1.29, 1.82) is 0 Å². The van der Waals surface area contributed by atoms with Crippen LogP contribution in [0.4, 0.5) is 0 Å². The third-order valence-electron chi connectivity index (χ3n) is 3.75. The second kappa shape index (κ2) is 4.58. The molecule has 0 bridgehead atoms. The molecule has 0 amide bonds. The second-order valence-electron chi connectivity index (χ2n) is 5.18. The van der Waals surface area contributed by atoms with E-state index in [-0.39, 0.29) is 0 Å². The van der Waals surface area contributed by atoms with E-state index in [0.29, 0.717) is 6.54 Å². The minimum absolute atomic E-state index is 0.537. The lowest BCUT2D eigenvalue weighted by Crippen LogP contribution is -2.30. The number of nitrogens with zero attached hydrogens (tertiary/aromatic N) is 2. The zero-order valence-electron chi connectivity index (χ0n) is 10.4. The van der Waals surface area contributed by atoms with Crippen LogP contribution in [0.1, 0.15) is 25.7 Å². The fourth-order valence-corrected chi connectivity index (χ4v) is 2.79. The van der Waals surface area contributed by atoms with E-state index in [9.17, 15) is 5.11 Å². The van der Waals surface area contributed by atoms with Crippen LogP contribution >= 0.6 is 0 Å². The summed E-state index contributed by atoms with van der Waals surface area (Å²) in [4.78, 5) is 4.41. The van der Waals surface area contributed by atoms with Gasteiger partial charge in [-0.3, -0.25) is 0 Å². The van der Waals surface area contributed by atoms with Crippen LogP contribution in [0.3, 0.4) is 0 Å². The van der Waals surface area contributed by atoms with Gasteiger partial charge in [-0.15, -0.1) is 0 Å². The molecule has 1 aromatic heterocycles. The summed E-state index contributed by atoms with van der Waals surface area (Å²) in [5.41, 5.74) is 0.564. The monoisotopic (exact) mass is 242 g/mol. The molecule has 0 atom stereocenters. The van der Waals surface area contributed by atoms with E-state index in [0.717, 1.165) is 37.1 Å². The molecule has 0 aliphatic heterocycles. The molecule has 1 fully saturated rings. The van der Waals surface area contributed by atoms with Gasteiger partial charge in [0.05, 0.1) is 12.1 Å². The number of hydrogen-bond donors (Lipinski definition) is 1. The van der Waals surface area contributed by atoms with Gasteiger partial charge in [0.1, 0.15) is 5.82 Å². The Morgan fingerprint density at radius 1 is 1.17 bits per heavy atom. The normalized spacial score (nSPS) is 18.1. The Morgan fingerprint density at radius 3 is 2.61 bits per heavy atom. The van der Waals surface area contributed by atoms with Gasteiger partial charge in [-0.25, -0.2) is 4.98 Å². The Labute approximate surface area is 107 Å². The Kier molecular flexibility index (Phi) is 2.92. The predicted octanol–water partition coefficient (Wildman–Crippen LogP) is 2.86. The van der Waals surface area contributed by atoms with Gasteiger partial charge in [0.25, 0.3) is 0 Å². The van der Waals surface area contributed by atoms with E-state index in [2.05, 4.69) is 21.7 Å². The van der Waals surface area contributed by atoms with Crippen molar-refractivity contribution in [2.75, 3.05) is 0 Å². The molecule has 1 aliphatic rings. The molecule has 2 aromatic rings. The van der Waals surface area contributed by atoms with Gasteiger partial charge < -0.3 is 9.67 Å². The number of aliphatic hydroxyl groups is 1. The Balaban J connectivity index is 1.88. The van der Waals surface area contributed by atoms with Crippen LogP contribution in [-0.2, 0) is 6.54 Å². The van der Waals surface area contributed by atoms with Gasteiger partial charge in [-0.05, 0) is 12.8 Å². The van der Waals surface area contributed by atoms with E-state index in [1.807, 2.05) is 24.4 Å². The first-order valence-corrected chi connectivity index (χ1v) is 6.56. The first kappa shape index (κ1) is 11.5. The second-order valence-corrected chi connectivity index (χ2v) is 5.18. The molecule has 18 heavy (non-hydrogen) atoms. The molecule has 0 radical (unpaired) electrons. The molecule has 0 unspecified atom stereocenters. The SMILES string of the molecule is OC1(Cn2ccnc2-c2ccccc2)CCCC1. The first-order chi connectivity index (χ1) is 8.77. The molecule has 3 nitrogen and oxygen atoms in total. The van der Waals surface area contributed by atoms with E-state index in [1.165, 1.54) is 0 Å². The number of imidazole rings is 1. The molecule has 1 heterocycles. The molecule has 3 heteroatoms. The van der Waals surface area contributed by atoms with E-state index < -0.39 is 5.60 Å². The lowest BCUT2D eigenvalue weighted by atomic mass is 10.0. The van der Waals surface area contributed by atoms with Gasteiger partial charge in [-0.2, -0.15) is 0 Å². The molecule has 1 N–H and O–H groups in total. The fourth-order valence-electron chi connectivity index (χ4n) is 2.79. The van der Waals surface area contributed by atoms with Crippen molar-refractivity contribution in [3.05, 3.63) is 42.7 Å². The number of benzene rings is 1. The number of rotatable bonds is 3. The van der Waals surface area contributed by atoms with Gasteiger partial charge in [-0.1, -0.05) is 43.2 Å². The standard InChI is InChI=1S/C15H18N2O/c18-15(8-4-5-9-15)12-17-11-10-16-14(17)13-6-2-1-3-7-13/h1-3,6-7,10-11,18H,4-5,8-9,12H2. The van der Waals surface area contributed by atoms with Crippen LogP contribution in [0.5, 0.6) is 0 Å². The van der Waals surface area contributed by atoms with Crippen molar-refractivity contribution < 1.29 is 5.11 Å². The van der Waals surface area contributed by atoms with Crippen LogP contribution in [0.25, 0.3) is 11.4 Å². The molecular formula is C15H18N2O. The van der Waals surface area contributed by atoms with E-state index in [4.69, 9.17) is 0 Å². The highest BCUT2D eigenvalue weighted by Gasteiger charge is 2.31. The Bertz CT molecular complexity index is 512. The molecule has 3 rings (SSSR count). The fraction of sp³-hybridized carbons (Fsp3) is 0.400. The predicted molar refractivity (Wildman–Crippen MR) is 71.1 cm³/mol. The molecule has 0 spiro atoms. The zero-order valence-corrected chi connectivity index (χ0v) is 10.4. The molecular weight excluding hydrogens is 224 g/mol. The van der Waals surface area contributed by atoms with Gasteiger partial charge in [0.2, 0.25) is 0 Å². The summed E-state index contributed by atoms with van der Waals surface area (Å²) in [6.45, 7) is 0.650. The maximum atomic E-state index is 10.5. The van der Waals surface area contributed by atoms with Crippen molar-refractivity contribution in [3.63, 3.8) is 0 Å². The van der Waals surface area contributed by atoms with Crippen LogP contribution in [0.15, 0.2) is 42.7 Å². The minimum Gasteiger partial charge on any atom is -0.388 e. The van der Waals surface area contributed by atoms with Crippen molar-refractivity contribution in [2.24, 2.45) is 0 Å². The van der Waals surface area contributed by atoms with Gasteiger partial charge >= 0.3 is 0 Å². The summed E-state index contributed by atoms with van der Waals surface area (Å²) >= 11 is 0. The molecule has 94 valence electrons. The highest BCUT2D eigenvalue weighted by atomic mass is 16.3. The van der Waals surface area contributed by atoms with Gasteiger partial charge in [0.15, 0.2) is 0 Å². The highest BCUT2D eigenvalue weighted by Crippen LogP contribution is 2.32. The molecule has 0 saturated heterocycles. The third kappa shape index (κ3) is 2.18. The lowest BCUT2D eigenvalue weighted by Gasteiger charge is -2.23. The largest absolute Gasteiger partial charge is 0.388 e. The van der Waals surface area contributed by atoms with Crippen LogP contribution in [-0.4, -0.2) is 20.3 Å². The molecule has 1 aliphatic carbocycles. The Hall–Kier alpha value is -1.61.